The average molecular weight is 475 g/mol. The van der Waals surface area contributed by atoms with Gasteiger partial charge in [-0.1, -0.05) is 0 Å². The van der Waals surface area contributed by atoms with Gasteiger partial charge in [-0.3, -0.25) is 9.59 Å². The summed E-state index contributed by atoms with van der Waals surface area (Å²) in [6.07, 6.45) is 3.07. The van der Waals surface area contributed by atoms with Gasteiger partial charge >= 0.3 is 0 Å². The molecule has 0 atom stereocenters. The Morgan fingerprint density at radius 1 is 0.943 bits per heavy atom. The van der Waals surface area contributed by atoms with Crippen LogP contribution in [-0.2, 0) is 4.79 Å². The second-order valence-electron chi connectivity index (χ2n) is 8.29. The quantitative estimate of drug-likeness (QED) is 0.496. The molecule has 4 rings (SSSR count). The normalized spacial score (nSPS) is 13.7. The topological polar surface area (TPSA) is 92.8 Å². The highest BCUT2D eigenvalue weighted by molar-refractivity contribution is 6.04. The third kappa shape index (κ3) is 6.29. The van der Waals surface area contributed by atoms with E-state index in [4.69, 9.17) is 9.47 Å². The van der Waals surface area contributed by atoms with Crippen molar-refractivity contribution in [1.82, 2.24) is 4.98 Å². The van der Waals surface area contributed by atoms with E-state index in [1.54, 1.807) is 25.4 Å². The second-order valence-corrected chi connectivity index (χ2v) is 8.29. The van der Waals surface area contributed by atoms with Gasteiger partial charge in [0.15, 0.2) is 0 Å². The molecule has 0 bridgehead atoms. The summed E-state index contributed by atoms with van der Waals surface area (Å²) in [5, 5.41) is 5.89. The number of amides is 2. The Hall–Kier alpha value is -4.07. The molecule has 2 aromatic carbocycles. The lowest BCUT2D eigenvalue weighted by atomic mass is 9.95. The zero-order valence-electron chi connectivity index (χ0n) is 20.0. The minimum Gasteiger partial charge on any atom is -0.497 e. The van der Waals surface area contributed by atoms with E-state index in [0.29, 0.717) is 43.8 Å². The Morgan fingerprint density at radius 3 is 2.20 bits per heavy atom. The number of nitrogens with one attached hydrogen (secondary N) is 2. The zero-order valence-corrected chi connectivity index (χ0v) is 20.0. The SMILES string of the molecule is CCOc1ccc(NC(=O)c2ccnc(N3CCC(C(=O)Nc4ccc(OC)cc4)CC3)c2)cc1. The smallest absolute Gasteiger partial charge is 0.255 e. The van der Waals surface area contributed by atoms with Crippen LogP contribution in [0.25, 0.3) is 0 Å². The number of ether oxygens (including phenoxy) is 2. The lowest BCUT2D eigenvalue weighted by Crippen LogP contribution is -2.38. The molecule has 1 fully saturated rings. The van der Waals surface area contributed by atoms with Crippen molar-refractivity contribution in [1.29, 1.82) is 0 Å². The van der Waals surface area contributed by atoms with E-state index in [1.165, 1.54) is 0 Å². The molecule has 0 unspecified atom stereocenters. The Kier molecular flexibility index (Phi) is 7.82. The maximum absolute atomic E-state index is 12.8. The fourth-order valence-corrected chi connectivity index (χ4v) is 4.03. The highest BCUT2D eigenvalue weighted by Crippen LogP contribution is 2.25. The van der Waals surface area contributed by atoms with Gasteiger partial charge < -0.3 is 25.0 Å². The van der Waals surface area contributed by atoms with Crippen LogP contribution in [0.1, 0.15) is 30.1 Å². The third-order valence-electron chi connectivity index (χ3n) is 5.98. The minimum atomic E-state index is -0.202. The number of methoxy groups -OCH3 is 1. The Labute approximate surface area is 205 Å². The molecular formula is C27H30N4O4. The highest BCUT2D eigenvalue weighted by Gasteiger charge is 2.26. The van der Waals surface area contributed by atoms with Gasteiger partial charge in [-0.05, 0) is 80.4 Å². The van der Waals surface area contributed by atoms with Crippen LogP contribution in [0.3, 0.4) is 0 Å². The molecule has 8 heteroatoms. The number of rotatable bonds is 8. The molecule has 1 saturated heterocycles. The molecule has 1 aliphatic rings. The van der Waals surface area contributed by atoms with Gasteiger partial charge in [0.2, 0.25) is 5.91 Å². The maximum Gasteiger partial charge on any atom is 0.255 e. The summed E-state index contributed by atoms with van der Waals surface area (Å²) in [5.41, 5.74) is 1.98. The molecule has 2 amide bonds. The number of aromatic nitrogens is 1. The van der Waals surface area contributed by atoms with Gasteiger partial charge in [0.05, 0.1) is 13.7 Å². The molecule has 8 nitrogen and oxygen atoms in total. The van der Waals surface area contributed by atoms with Crippen LogP contribution in [-0.4, -0.2) is 43.6 Å². The first kappa shape index (κ1) is 24.1. The van der Waals surface area contributed by atoms with E-state index in [0.717, 1.165) is 23.0 Å². The largest absolute Gasteiger partial charge is 0.497 e. The zero-order chi connectivity index (χ0) is 24.6. The van der Waals surface area contributed by atoms with Crippen molar-refractivity contribution < 1.29 is 19.1 Å². The van der Waals surface area contributed by atoms with E-state index >= 15 is 0 Å². The van der Waals surface area contributed by atoms with Crippen molar-refractivity contribution in [2.45, 2.75) is 19.8 Å². The van der Waals surface area contributed by atoms with Crippen molar-refractivity contribution >= 4 is 29.0 Å². The van der Waals surface area contributed by atoms with Crippen LogP contribution in [0.2, 0.25) is 0 Å². The number of benzene rings is 2. The molecule has 2 N–H and O–H groups in total. The van der Waals surface area contributed by atoms with Gasteiger partial charge in [0.1, 0.15) is 17.3 Å². The molecule has 0 radical (unpaired) electrons. The molecule has 2 heterocycles. The Morgan fingerprint density at radius 2 is 1.57 bits per heavy atom. The monoisotopic (exact) mass is 474 g/mol. The fraction of sp³-hybridized carbons (Fsp3) is 0.296. The molecule has 182 valence electrons. The summed E-state index contributed by atoms with van der Waals surface area (Å²) in [5.74, 6) is 1.99. The third-order valence-corrected chi connectivity index (χ3v) is 5.98. The summed E-state index contributed by atoms with van der Waals surface area (Å²) < 4.78 is 10.6. The van der Waals surface area contributed by atoms with Crippen LogP contribution >= 0.6 is 0 Å². The lowest BCUT2D eigenvalue weighted by Gasteiger charge is -2.32. The highest BCUT2D eigenvalue weighted by atomic mass is 16.5. The van der Waals surface area contributed by atoms with E-state index in [-0.39, 0.29) is 17.7 Å². The molecule has 1 aliphatic heterocycles. The first-order chi connectivity index (χ1) is 17.1. The summed E-state index contributed by atoms with van der Waals surface area (Å²) in [4.78, 5) is 32.0. The average Bonchev–Trinajstić information content (AvgIpc) is 2.90. The number of carbonyl (C=O) groups excluding carboxylic acids is 2. The molecule has 0 saturated carbocycles. The second kappa shape index (κ2) is 11.4. The lowest BCUT2D eigenvalue weighted by molar-refractivity contribution is -0.120. The van der Waals surface area contributed by atoms with E-state index in [9.17, 15) is 9.59 Å². The van der Waals surface area contributed by atoms with Crippen molar-refractivity contribution in [3.63, 3.8) is 0 Å². The number of hydrogen-bond donors (Lipinski definition) is 2. The van der Waals surface area contributed by atoms with E-state index in [1.807, 2.05) is 55.5 Å². The van der Waals surface area contributed by atoms with Crippen LogP contribution in [0.15, 0.2) is 66.9 Å². The number of piperidine rings is 1. The predicted molar refractivity (Wildman–Crippen MR) is 136 cm³/mol. The summed E-state index contributed by atoms with van der Waals surface area (Å²) >= 11 is 0. The first-order valence-electron chi connectivity index (χ1n) is 11.8. The number of nitrogens with zero attached hydrogens (tertiary/aromatic N) is 2. The summed E-state index contributed by atoms with van der Waals surface area (Å²) in [6.45, 7) is 3.90. The van der Waals surface area contributed by atoms with E-state index < -0.39 is 0 Å². The molecule has 3 aromatic rings. The summed E-state index contributed by atoms with van der Waals surface area (Å²) in [7, 11) is 1.61. The van der Waals surface area contributed by atoms with E-state index in [2.05, 4.69) is 20.5 Å². The standard InChI is InChI=1S/C27H30N4O4/c1-3-35-24-10-6-22(7-11-24)30-27(33)20-12-15-28-25(18-20)31-16-13-19(14-17-31)26(32)29-21-4-8-23(34-2)9-5-21/h4-12,15,18-19H,3,13-14,16-17H2,1-2H3,(H,29,32)(H,30,33). The van der Waals surface area contributed by atoms with Gasteiger partial charge in [0, 0.05) is 42.1 Å². The van der Waals surface area contributed by atoms with Crippen molar-refractivity contribution in [3.8, 4) is 11.5 Å². The molecule has 1 aromatic heterocycles. The number of hydrogen-bond acceptors (Lipinski definition) is 6. The number of anilines is 3. The molecular weight excluding hydrogens is 444 g/mol. The summed E-state index contributed by atoms with van der Waals surface area (Å²) in [6, 6.07) is 18.1. The van der Waals surface area contributed by atoms with Crippen LogP contribution in [0.4, 0.5) is 17.2 Å². The van der Waals surface area contributed by atoms with Crippen molar-refractivity contribution in [2.75, 3.05) is 42.3 Å². The molecule has 0 aliphatic carbocycles. The van der Waals surface area contributed by atoms with Crippen molar-refractivity contribution in [3.05, 3.63) is 72.4 Å². The molecule has 0 spiro atoms. The van der Waals surface area contributed by atoms with Crippen LogP contribution in [0.5, 0.6) is 11.5 Å². The Bertz CT molecular complexity index is 1140. The Balaban J connectivity index is 1.31. The minimum absolute atomic E-state index is 0.0197. The van der Waals surface area contributed by atoms with Gasteiger partial charge in [0.25, 0.3) is 5.91 Å². The van der Waals surface area contributed by atoms with Gasteiger partial charge in [-0.15, -0.1) is 0 Å². The maximum atomic E-state index is 12.8. The number of carbonyl (C=O) groups is 2. The fourth-order valence-electron chi connectivity index (χ4n) is 4.03. The number of pyridine rings is 1. The van der Waals surface area contributed by atoms with Crippen LogP contribution < -0.4 is 25.0 Å². The van der Waals surface area contributed by atoms with Gasteiger partial charge in [-0.25, -0.2) is 4.98 Å². The predicted octanol–water partition coefficient (Wildman–Crippen LogP) is 4.60. The van der Waals surface area contributed by atoms with Crippen molar-refractivity contribution in [2.24, 2.45) is 5.92 Å². The van der Waals surface area contributed by atoms with Crippen LogP contribution in [0, 0.1) is 5.92 Å². The molecule has 35 heavy (non-hydrogen) atoms. The van der Waals surface area contributed by atoms with Gasteiger partial charge in [-0.2, -0.15) is 0 Å². The first-order valence-corrected chi connectivity index (χ1v) is 11.8.